The standard InChI is InChI=1S/C31H52OS/c1-7-33-20-19-32-25-15-17-30(5)24(21-25)11-12-26-28-14-13-27(23(4)10-8-9-22(2)3)31(28,6)18-16-29(26)30/h7,11,22-23,25-29H,1,8-10,12-21H2,2-6H3. The molecule has 0 bridgehead atoms. The van der Waals surface area contributed by atoms with E-state index >= 15 is 0 Å². The van der Waals surface area contributed by atoms with Gasteiger partial charge >= 0.3 is 0 Å². The summed E-state index contributed by atoms with van der Waals surface area (Å²) >= 11 is 1.77. The van der Waals surface area contributed by atoms with Crippen LogP contribution >= 0.6 is 11.8 Å². The van der Waals surface area contributed by atoms with Crippen molar-refractivity contribution in [2.75, 3.05) is 12.4 Å². The second-order valence-corrected chi connectivity index (χ2v) is 14.1. The maximum atomic E-state index is 6.28. The van der Waals surface area contributed by atoms with Crippen LogP contribution in [0.3, 0.4) is 0 Å². The average molecular weight is 473 g/mol. The van der Waals surface area contributed by atoms with Gasteiger partial charge < -0.3 is 4.74 Å². The third kappa shape index (κ3) is 5.18. The van der Waals surface area contributed by atoms with Crippen LogP contribution in [0.2, 0.25) is 0 Å². The number of allylic oxidation sites excluding steroid dienone is 1. The van der Waals surface area contributed by atoms with Gasteiger partial charge in [-0.25, -0.2) is 0 Å². The first-order valence-electron chi connectivity index (χ1n) is 14.3. The summed E-state index contributed by atoms with van der Waals surface area (Å²) in [5.41, 5.74) is 2.81. The van der Waals surface area contributed by atoms with E-state index in [4.69, 9.17) is 4.74 Å². The van der Waals surface area contributed by atoms with Crippen molar-refractivity contribution >= 4 is 11.8 Å². The lowest BCUT2D eigenvalue weighted by Crippen LogP contribution is -2.51. The maximum absolute atomic E-state index is 6.28. The minimum Gasteiger partial charge on any atom is -0.377 e. The highest BCUT2D eigenvalue weighted by atomic mass is 32.2. The molecule has 0 saturated heterocycles. The van der Waals surface area contributed by atoms with Crippen LogP contribution in [-0.4, -0.2) is 18.5 Å². The summed E-state index contributed by atoms with van der Waals surface area (Å²) in [6.07, 6.45) is 18.6. The van der Waals surface area contributed by atoms with Crippen molar-refractivity contribution in [2.45, 2.75) is 111 Å². The van der Waals surface area contributed by atoms with Crippen molar-refractivity contribution in [1.29, 1.82) is 0 Å². The molecule has 0 heterocycles. The van der Waals surface area contributed by atoms with Crippen LogP contribution in [0.1, 0.15) is 105 Å². The molecule has 4 aliphatic rings. The Bertz CT molecular complexity index is 697. The lowest BCUT2D eigenvalue weighted by molar-refractivity contribution is -0.0629. The Morgan fingerprint density at radius 2 is 1.91 bits per heavy atom. The van der Waals surface area contributed by atoms with E-state index in [0.717, 1.165) is 47.9 Å². The molecule has 3 fully saturated rings. The molecule has 188 valence electrons. The highest BCUT2D eigenvalue weighted by Gasteiger charge is 2.59. The highest BCUT2D eigenvalue weighted by Crippen LogP contribution is 2.67. The summed E-state index contributed by atoms with van der Waals surface area (Å²) in [4.78, 5) is 0. The van der Waals surface area contributed by atoms with E-state index in [1.54, 1.807) is 17.3 Å². The summed E-state index contributed by atoms with van der Waals surface area (Å²) < 4.78 is 6.28. The number of fused-ring (bicyclic) bond motifs is 5. The predicted molar refractivity (Wildman–Crippen MR) is 145 cm³/mol. The van der Waals surface area contributed by atoms with E-state index in [1.165, 1.54) is 70.6 Å². The smallest absolute Gasteiger partial charge is 0.0613 e. The molecular formula is C31H52OS. The largest absolute Gasteiger partial charge is 0.377 e. The van der Waals surface area contributed by atoms with Gasteiger partial charge in [0.25, 0.3) is 0 Å². The first-order valence-corrected chi connectivity index (χ1v) is 15.4. The molecule has 0 aromatic heterocycles. The Labute approximate surface area is 210 Å². The van der Waals surface area contributed by atoms with Crippen LogP contribution in [0, 0.1) is 46.3 Å². The molecular weight excluding hydrogens is 420 g/mol. The SMILES string of the molecule is C=CSCCOC1CCC2(C)C(=CCC3C2CCC2(C)C(C(C)CCCC(C)C)CCC32)C1. The lowest BCUT2D eigenvalue weighted by Gasteiger charge is -2.58. The van der Waals surface area contributed by atoms with E-state index in [9.17, 15) is 0 Å². The van der Waals surface area contributed by atoms with E-state index in [2.05, 4.69) is 47.3 Å². The minimum atomic E-state index is 0.445. The van der Waals surface area contributed by atoms with Crippen LogP contribution < -0.4 is 0 Å². The molecule has 0 spiro atoms. The van der Waals surface area contributed by atoms with Gasteiger partial charge in [-0.2, -0.15) is 0 Å². The summed E-state index contributed by atoms with van der Waals surface area (Å²) in [7, 11) is 0. The Morgan fingerprint density at radius 1 is 1.09 bits per heavy atom. The molecule has 8 unspecified atom stereocenters. The highest BCUT2D eigenvalue weighted by molar-refractivity contribution is 8.02. The molecule has 0 N–H and O–H groups in total. The van der Waals surface area contributed by atoms with Crippen molar-refractivity contribution in [3.8, 4) is 0 Å². The molecule has 0 amide bonds. The van der Waals surface area contributed by atoms with Crippen molar-refractivity contribution in [2.24, 2.45) is 46.3 Å². The van der Waals surface area contributed by atoms with E-state index in [0.29, 0.717) is 16.9 Å². The van der Waals surface area contributed by atoms with Crippen molar-refractivity contribution in [3.63, 3.8) is 0 Å². The van der Waals surface area contributed by atoms with Gasteiger partial charge in [0.15, 0.2) is 0 Å². The van der Waals surface area contributed by atoms with E-state index in [1.807, 2.05) is 5.41 Å². The zero-order valence-electron chi connectivity index (χ0n) is 22.4. The summed E-state index contributed by atoms with van der Waals surface area (Å²) in [5, 5.41) is 1.93. The van der Waals surface area contributed by atoms with Crippen LogP contribution in [-0.2, 0) is 4.74 Å². The van der Waals surface area contributed by atoms with Gasteiger partial charge in [-0.1, -0.05) is 72.1 Å². The fourth-order valence-electron chi connectivity index (χ4n) is 9.14. The van der Waals surface area contributed by atoms with Crippen LogP contribution in [0.4, 0.5) is 0 Å². The van der Waals surface area contributed by atoms with Gasteiger partial charge in [0, 0.05) is 5.75 Å². The molecule has 4 rings (SSSR count). The fraction of sp³-hybridized carbons (Fsp3) is 0.871. The summed E-state index contributed by atoms with van der Waals surface area (Å²) in [5.74, 6) is 6.59. The summed E-state index contributed by atoms with van der Waals surface area (Å²) in [6, 6.07) is 0. The molecule has 4 aliphatic carbocycles. The quantitative estimate of drug-likeness (QED) is 0.231. The monoisotopic (exact) mass is 472 g/mol. The van der Waals surface area contributed by atoms with Crippen LogP contribution in [0.25, 0.3) is 0 Å². The van der Waals surface area contributed by atoms with Crippen molar-refractivity contribution < 1.29 is 4.74 Å². The molecule has 0 aliphatic heterocycles. The molecule has 2 heteroatoms. The molecule has 3 saturated carbocycles. The summed E-state index contributed by atoms with van der Waals surface area (Å²) in [6.45, 7) is 17.4. The third-order valence-electron chi connectivity index (χ3n) is 10.9. The molecule has 1 nitrogen and oxygen atoms in total. The molecule has 0 aromatic rings. The lowest BCUT2D eigenvalue weighted by atomic mass is 9.47. The first-order chi connectivity index (χ1) is 15.8. The Morgan fingerprint density at radius 3 is 2.67 bits per heavy atom. The number of hydrogen-bond acceptors (Lipinski definition) is 2. The number of thioether (sulfide) groups is 1. The maximum Gasteiger partial charge on any atom is 0.0613 e. The molecule has 33 heavy (non-hydrogen) atoms. The second-order valence-electron chi connectivity index (χ2n) is 13.1. The topological polar surface area (TPSA) is 9.23 Å². The van der Waals surface area contributed by atoms with Gasteiger partial charge in [0.05, 0.1) is 12.7 Å². The van der Waals surface area contributed by atoms with E-state index < -0.39 is 0 Å². The molecule has 8 atom stereocenters. The zero-order valence-corrected chi connectivity index (χ0v) is 23.2. The Hall–Kier alpha value is -0.210. The average Bonchev–Trinajstić information content (AvgIpc) is 3.14. The number of ether oxygens (including phenoxy) is 1. The van der Waals surface area contributed by atoms with Crippen molar-refractivity contribution in [3.05, 3.63) is 23.6 Å². The van der Waals surface area contributed by atoms with Crippen molar-refractivity contribution in [1.82, 2.24) is 0 Å². The minimum absolute atomic E-state index is 0.445. The van der Waals surface area contributed by atoms with E-state index in [-0.39, 0.29) is 0 Å². The number of hydrogen-bond donors (Lipinski definition) is 0. The van der Waals surface area contributed by atoms with Gasteiger partial charge in [0.2, 0.25) is 0 Å². The molecule has 0 aromatic carbocycles. The third-order valence-corrected chi connectivity index (χ3v) is 11.6. The number of rotatable bonds is 10. The normalized spacial score (nSPS) is 41.2. The predicted octanol–water partition coefficient (Wildman–Crippen LogP) is 9.29. The fourth-order valence-corrected chi connectivity index (χ4v) is 9.50. The first kappa shape index (κ1) is 25.9. The van der Waals surface area contributed by atoms with Gasteiger partial charge in [-0.05, 0) is 103 Å². The Kier molecular flexibility index (Phi) is 8.48. The van der Waals surface area contributed by atoms with Gasteiger partial charge in [-0.15, -0.1) is 11.8 Å². The van der Waals surface area contributed by atoms with Gasteiger partial charge in [0.1, 0.15) is 0 Å². The van der Waals surface area contributed by atoms with Crippen LogP contribution in [0.15, 0.2) is 23.6 Å². The zero-order chi connectivity index (χ0) is 23.6. The Balaban J connectivity index is 1.40. The van der Waals surface area contributed by atoms with Gasteiger partial charge in [-0.3, -0.25) is 0 Å². The second kappa shape index (κ2) is 10.8. The molecule has 0 radical (unpaired) electrons. The van der Waals surface area contributed by atoms with Crippen LogP contribution in [0.5, 0.6) is 0 Å².